The van der Waals surface area contributed by atoms with Gasteiger partial charge < -0.3 is 13.8 Å². The van der Waals surface area contributed by atoms with E-state index in [0.29, 0.717) is 17.7 Å². The Labute approximate surface area is 177 Å². The number of benzene rings is 2. The van der Waals surface area contributed by atoms with Crippen LogP contribution in [0.3, 0.4) is 0 Å². The van der Waals surface area contributed by atoms with E-state index >= 15 is 0 Å². The summed E-state index contributed by atoms with van der Waals surface area (Å²) in [6.45, 7) is 7.65. The van der Waals surface area contributed by atoms with Gasteiger partial charge in [-0.1, -0.05) is 19.1 Å². The highest BCUT2D eigenvalue weighted by molar-refractivity contribution is 7.87. The number of methoxy groups -OCH3 is 1. The standard InChI is InChI=1S/C22H27NO6S/c1-6-23(14-17(4)22(25)28-5)21(24)18-9-11-19(12-10-18)29-30(26,27)20-13-15(2)7-8-16(20)3/h7-13,17H,6,14H2,1-5H3. The first-order valence-electron chi connectivity index (χ1n) is 9.58. The molecule has 0 spiro atoms. The molecule has 8 heteroatoms. The van der Waals surface area contributed by atoms with Gasteiger partial charge in [-0.3, -0.25) is 9.59 Å². The van der Waals surface area contributed by atoms with Crippen molar-refractivity contribution in [1.29, 1.82) is 0 Å². The molecule has 0 aliphatic rings. The third-order valence-corrected chi connectivity index (χ3v) is 6.08. The van der Waals surface area contributed by atoms with Crippen LogP contribution in [0, 0.1) is 19.8 Å². The van der Waals surface area contributed by atoms with E-state index in [2.05, 4.69) is 0 Å². The monoisotopic (exact) mass is 433 g/mol. The zero-order valence-corrected chi connectivity index (χ0v) is 18.7. The first-order chi connectivity index (χ1) is 14.1. The zero-order chi connectivity index (χ0) is 22.5. The molecule has 2 rings (SSSR count). The summed E-state index contributed by atoms with van der Waals surface area (Å²) < 4.78 is 35.2. The molecule has 2 aromatic rings. The Kier molecular flexibility index (Phi) is 7.61. The molecule has 0 heterocycles. The minimum atomic E-state index is -4.00. The van der Waals surface area contributed by atoms with Crippen molar-refractivity contribution in [2.24, 2.45) is 5.92 Å². The summed E-state index contributed by atoms with van der Waals surface area (Å²) in [5, 5.41) is 0. The second-order valence-electron chi connectivity index (χ2n) is 7.10. The van der Waals surface area contributed by atoms with E-state index in [1.54, 1.807) is 32.9 Å². The SMILES string of the molecule is CCN(CC(C)C(=O)OC)C(=O)c1ccc(OS(=O)(=O)c2cc(C)ccc2C)cc1. The summed E-state index contributed by atoms with van der Waals surface area (Å²) in [6, 6.07) is 11.0. The van der Waals surface area contributed by atoms with Crippen molar-refractivity contribution in [3.8, 4) is 5.75 Å². The Balaban J connectivity index is 2.16. The maximum absolute atomic E-state index is 12.7. The van der Waals surface area contributed by atoms with Gasteiger partial charge in [-0.2, -0.15) is 8.42 Å². The number of hydrogen-bond acceptors (Lipinski definition) is 6. The Hall–Kier alpha value is -2.87. The number of carbonyl (C=O) groups excluding carboxylic acids is 2. The third-order valence-electron chi connectivity index (χ3n) is 4.69. The highest BCUT2D eigenvalue weighted by Gasteiger charge is 2.23. The lowest BCUT2D eigenvalue weighted by molar-refractivity contribution is -0.145. The molecule has 0 fully saturated rings. The summed E-state index contributed by atoms with van der Waals surface area (Å²) in [5.41, 5.74) is 1.76. The van der Waals surface area contributed by atoms with Gasteiger partial charge in [-0.25, -0.2) is 0 Å². The maximum atomic E-state index is 12.7. The molecule has 30 heavy (non-hydrogen) atoms. The fourth-order valence-electron chi connectivity index (χ4n) is 2.95. The number of hydrogen-bond donors (Lipinski definition) is 0. The number of ether oxygens (including phenoxy) is 1. The van der Waals surface area contributed by atoms with Crippen LogP contribution in [-0.2, 0) is 19.6 Å². The van der Waals surface area contributed by atoms with Crippen LogP contribution in [0.5, 0.6) is 5.75 Å². The molecular formula is C22H27NO6S. The van der Waals surface area contributed by atoms with Crippen LogP contribution in [0.25, 0.3) is 0 Å². The number of aryl methyl sites for hydroxylation is 2. The van der Waals surface area contributed by atoms with E-state index < -0.39 is 16.0 Å². The van der Waals surface area contributed by atoms with Crippen molar-refractivity contribution >= 4 is 22.0 Å². The van der Waals surface area contributed by atoms with Crippen LogP contribution in [-0.4, -0.2) is 45.4 Å². The van der Waals surface area contributed by atoms with E-state index in [1.165, 1.54) is 36.3 Å². The van der Waals surface area contributed by atoms with Crippen LogP contribution < -0.4 is 4.18 Å². The van der Waals surface area contributed by atoms with Crippen LogP contribution >= 0.6 is 0 Å². The molecule has 0 N–H and O–H groups in total. The first-order valence-corrected chi connectivity index (χ1v) is 11.0. The van der Waals surface area contributed by atoms with Gasteiger partial charge in [0.2, 0.25) is 0 Å². The quantitative estimate of drug-likeness (QED) is 0.468. The zero-order valence-electron chi connectivity index (χ0n) is 17.8. The molecule has 0 bridgehead atoms. The molecule has 7 nitrogen and oxygen atoms in total. The Bertz CT molecular complexity index is 1010. The molecule has 0 aliphatic heterocycles. The molecule has 0 radical (unpaired) electrons. The van der Waals surface area contributed by atoms with Gasteiger partial charge in [-0.05, 0) is 62.2 Å². The van der Waals surface area contributed by atoms with E-state index in [9.17, 15) is 18.0 Å². The first kappa shape index (κ1) is 23.4. The lowest BCUT2D eigenvalue weighted by atomic mass is 10.1. The van der Waals surface area contributed by atoms with Crippen molar-refractivity contribution in [2.75, 3.05) is 20.2 Å². The second kappa shape index (κ2) is 9.75. The van der Waals surface area contributed by atoms with Gasteiger partial charge >= 0.3 is 16.1 Å². The van der Waals surface area contributed by atoms with Gasteiger partial charge in [0.05, 0.1) is 13.0 Å². The van der Waals surface area contributed by atoms with Gasteiger partial charge in [0.25, 0.3) is 5.91 Å². The molecule has 1 amide bonds. The summed E-state index contributed by atoms with van der Waals surface area (Å²) in [7, 11) is -2.69. The smallest absolute Gasteiger partial charge is 0.339 e. The van der Waals surface area contributed by atoms with Gasteiger partial charge in [0.1, 0.15) is 10.6 Å². The second-order valence-corrected chi connectivity index (χ2v) is 8.61. The summed E-state index contributed by atoms with van der Waals surface area (Å²) in [5.74, 6) is -0.999. The van der Waals surface area contributed by atoms with Crippen molar-refractivity contribution < 1.29 is 26.9 Å². The fraction of sp³-hybridized carbons (Fsp3) is 0.364. The molecule has 1 atom stereocenters. The van der Waals surface area contributed by atoms with Crippen LogP contribution in [0.2, 0.25) is 0 Å². The molecule has 0 aliphatic carbocycles. The number of esters is 1. The van der Waals surface area contributed by atoms with E-state index in [0.717, 1.165) is 5.56 Å². The Morgan fingerprint density at radius 3 is 2.27 bits per heavy atom. The van der Waals surface area contributed by atoms with Crippen LogP contribution in [0.1, 0.15) is 35.3 Å². The molecule has 0 aromatic heterocycles. The van der Waals surface area contributed by atoms with E-state index in [-0.39, 0.29) is 29.1 Å². The lowest BCUT2D eigenvalue weighted by Gasteiger charge is -2.23. The van der Waals surface area contributed by atoms with Gasteiger partial charge in [-0.15, -0.1) is 0 Å². The number of nitrogens with zero attached hydrogens (tertiary/aromatic N) is 1. The van der Waals surface area contributed by atoms with Crippen molar-refractivity contribution in [3.63, 3.8) is 0 Å². The van der Waals surface area contributed by atoms with Crippen LogP contribution in [0.4, 0.5) is 0 Å². The largest absolute Gasteiger partial charge is 0.469 e. The number of rotatable bonds is 8. The number of carbonyl (C=O) groups is 2. The highest BCUT2D eigenvalue weighted by Crippen LogP contribution is 2.23. The molecule has 1 unspecified atom stereocenters. The van der Waals surface area contributed by atoms with Gasteiger partial charge in [0, 0.05) is 18.7 Å². The topological polar surface area (TPSA) is 90.0 Å². The molecule has 2 aromatic carbocycles. The Morgan fingerprint density at radius 2 is 1.70 bits per heavy atom. The van der Waals surface area contributed by atoms with E-state index in [1.807, 2.05) is 13.0 Å². The third kappa shape index (κ3) is 5.60. The minimum Gasteiger partial charge on any atom is -0.469 e. The predicted molar refractivity (Wildman–Crippen MR) is 113 cm³/mol. The van der Waals surface area contributed by atoms with Gasteiger partial charge in [0.15, 0.2) is 0 Å². The number of amides is 1. The summed E-state index contributed by atoms with van der Waals surface area (Å²) in [4.78, 5) is 26.0. The molecular weight excluding hydrogens is 406 g/mol. The Morgan fingerprint density at radius 1 is 1.07 bits per heavy atom. The van der Waals surface area contributed by atoms with Crippen molar-refractivity contribution in [3.05, 3.63) is 59.2 Å². The maximum Gasteiger partial charge on any atom is 0.339 e. The molecule has 0 saturated carbocycles. The average Bonchev–Trinajstić information content (AvgIpc) is 2.72. The highest BCUT2D eigenvalue weighted by atomic mass is 32.2. The van der Waals surface area contributed by atoms with Crippen molar-refractivity contribution in [1.82, 2.24) is 4.90 Å². The lowest BCUT2D eigenvalue weighted by Crippen LogP contribution is -2.37. The summed E-state index contributed by atoms with van der Waals surface area (Å²) in [6.07, 6.45) is 0. The summed E-state index contributed by atoms with van der Waals surface area (Å²) >= 11 is 0. The molecule has 162 valence electrons. The molecule has 0 saturated heterocycles. The van der Waals surface area contributed by atoms with Crippen molar-refractivity contribution in [2.45, 2.75) is 32.6 Å². The normalized spacial score (nSPS) is 12.2. The average molecular weight is 434 g/mol. The van der Waals surface area contributed by atoms with Crippen LogP contribution in [0.15, 0.2) is 47.4 Å². The predicted octanol–water partition coefficient (Wildman–Crippen LogP) is 3.34. The minimum absolute atomic E-state index is 0.108. The van der Waals surface area contributed by atoms with E-state index in [4.69, 9.17) is 8.92 Å². The fourth-order valence-corrected chi connectivity index (χ4v) is 4.19.